The summed E-state index contributed by atoms with van der Waals surface area (Å²) in [5, 5.41) is 78.5. The molecule has 33 nitrogen and oxygen atoms in total. The summed E-state index contributed by atoms with van der Waals surface area (Å²) in [4.78, 5) is 50.7. The lowest BCUT2D eigenvalue weighted by atomic mass is 10.0. The van der Waals surface area contributed by atoms with E-state index in [1.807, 2.05) is 72.8 Å². The second-order valence-corrected chi connectivity index (χ2v) is 26.6. The molecule has 12 rings (SSSR count). The molecule has 45 heteroatoms. The Morgan fingerprint density at radius 1 is 0.325 bits per heavy atom. The number of nitrogens with one attached hydrogen (secondary N) is 3. The normalized spacial score (nSPS) is 9.21. The molecule has 0 bridgehead atoms. The number of aromatic nitrogens is 12. The summed E-state index contributed by atoms with van der Waals surface area (Å²) in [7, 11) is 0. The first-order valence-corrected chi connectivity index (χ1v) is 37.5. The van der Waals surface area contributed by atoms with Crippen LogP contribution in [-0.2, 0) is 73.4 Å². The first-order chi connectivity index (χ1) is 53.4. The molecule has 0 aliphatic carbocycles. The van der Waals surface area contributed by atoms with Gasteiger partial charge >= 0.3 is 0 Å². The fourth-order valence-electron chi connectivity index (χ4n) is 9.63. The molecule has 0 spiro atoms. The van der Waals surface area contributed by atoms with Crippen molar-refractivity contribution in [3.8, 4) is 36.4 Å². The number of amidine groups is 3. The molecule has 0 saturated carbocycles. The van der Waals surface area contributed by atoms with E-state index < -0.39 is 0 Å². The van der Waals surface area contributed by atoms with Crippen LogP contribution in [0.5, 0.6) is 0 Å². The van der Waals surface area contributed by atoms with Crippen LogP contribution in [0.15, 0.2) is 147 Å². The number of nitrogens with two attached hydrogens (primary N) is 9. The molecular weight excluding hydrogens is 1730 g/mol. The molecule has 0 saturated heterocycles. The largest absolute Gasteiger partial charge is 0.379 e. The fourth-order valence-corrected chi connectivity index (χ4v) is 12.0. The second kappa shape index (κ2) is 60.9. The Kier molecular flexibility index (Phi) is 57.1. The zero-order chi connectivity index (χ0) is 81.6. The quantitative estimate of drug-likeness (QED) is 0.0196. The van der Waals surface area contributed by atoms with Gasteiger partial charge in [-0.3, -0.25) is 56.1 Å². The number of hydrogen-bond acceptors (Lipinski definition) is 30. The van der Waals surface area contributed by atoms with E-state index in [4.69, 9.17) is 99.8 Å². The molecular formula is C72H81Cl6N33S6. The van der Waals surface area contributed by atoms with E-state index >= 15 is 0 Å². The minimum Gasteiger partial charge on any atom is -0.379 e. The lowest BCUT2D eigenvalue weighted by molar-refractivity contribution is 1.10. The second-order valence-electron chi connectivity index (χ2n) is 21.4. The van der Waals surface area contributed by atoms with Crippen LogP contribution >= 0.6 is 144 Å². The monoisotopic (exact) mass is 1810 g/mol. The molecule has 12 heterocycles. The first kappa shape index (κ1) is 110. The van der Waals surface area contributed by atoms with Gasteiger partial charge in [-0.25, -0.2) is 19.9 Å². The maximum Gasteiger partial charge on any atom is 0.160 e. The van der Waals surface area contributed by atoms with Crippen molar-refractivity contribution in [1.82, 2.24) is 78.3 Å². The number of nitrogens with zero attached hydrogens (tertiary/aromatic N) is 18. The van der Waals surface area contributed by atoms with Gasteiger partial charge in [0.2, 0.25) is 0 Å². The highest BCUT2D eigenvalue weighted by molar-refractivity contribution is 8.13. The Bertz CT molecular complexity index is 4980. The molecule has 0 aliphatic heterocycles. The molecule has 12 aromatic rings. The minimum absolute atomic E-state index is 0. The molecule has 0 amide bonds. The fraction of sp³-hybridized carbons (Fsp3) is 0.167. The first-order valence-electron chi connectivity index (χ1n) is 31.7. The Labute approximate surface area is 736 Å². The molecule has 0 unspecified atom stereocenters. The van der Waals surface area contributed by atoms with Gasteiger partial charge in [-0.05, 0) is 153 Å². The number of pyridine rings is 12. The minimum atomic E-state index is 0. The number of nitriles is 6. The molecule has 612 valence electrons. The van der Waals surface area contributed by atoms with E-state index in [0.29, 0.717) is 71.9 Å². The molecule has 117 heavy (non-hydrogen) atoms. The van der Waals surface area contributed by atoms with Crippen molar-refractivity contribution in [1.29, 1.82) is 47.8 Å². The van der Waals surface area contributed by atoms with Crippen LogP contribution in [0.4, 0.5) is 0 Å². The van der Waals surface area contributed by atoms with Crippen LogP contribution in [0.3, 0.4) is 0 Å². The smallest absolute Gasteiger partial charge is 0.160 e. The third kappa shape index (κ3) is 37.3. The summed E-state index contributed by atoms with van der Waals surface area (Å²) < 4.78 is 0. The Morgan fingerprint density at radius 3 is 0.991 bits per heavy atom. The van der Waals surface area contributed by atoms with Gasteiger partial charge in [-0.1, -0.05) is 47.4 Å². The van der Waals surface area contributed by atoms with Crippen molar-refractivity contribution in [2.45, 2.75) is 73.4 Å². The number of rotatable bonds is 15. The van der Waals surface area contributed by atoms with Crippen molar-refractivity contribution in [3.63, 3.8) is 0 Å². The highest BCUT2D eigenvalue weighted by Crippen LogP contribution is 2.28. The number of thioether (sulfide) groups is 3. The Morgan fingerprint density at radius 2 is 0.607 bits per heavy atom. The van der Waals surface area contributed by atoms with E-state index in [1.54, 1.807) is 74.4 Å². The standard InChI is InChI=1S/3C12H11N5S.3C11H8ClN3.3CH4N2S.3ClH.3H3N/c13-4-3-9-8(7-18-12(14)15)6-17-10-2-1-5-16-11(9)10;13-4-3-9-8(7-18-12(14)15)6-17-11-10(9)2-1-5-16-11;13-4-3-9-8-2-1-5-16-10(8)6-17-11(9)7-18-12(14)15;12-6-8-7-15-10-2-1-5-14-11(10)9(8)3-4-13;12-6-8-7-15-11-10(2-1-5-14-11)9(8)3-4-13;12-6-10-9(3-4-13)8-2-1-5-14-11(8)7-15-10;3*2-1(3)4;;;;;;/h3*1-2,5-6H,3,7H2,(H3,14,15);3*1-2,5,7H,3,6H2;3*(H4,2,3,4);3*1H;3*1H3. The SMILES string of the molecule is Cl.Cl.Cl.N.N.N.N#CCc1c(CCl)cnc2cccnc12.N#CCc1c(CCl)cnc2ncccc12.N#CCc1c(CCl)ncc2ncccc12.N#CCc1c(CSC(=N)N)cnc2cccnc12.N#CCc1c(CSC(=N)N)cnc2ncccc12.N#CCc1c(CSC(=N)N)ncc2ncccc12.NC(N)=S.NC(N)=S.NC(N)=S. The molecule has 0 aromatic carbocycles. The average Bonchev–Trinajstić information content (AvgIpc) is 0.846. The van der Waals surface area contributed by atoms with Crippen LogP contribution in [0.2, 0.25) is 0 Å². The van der Waals surface area contributed by atoms with E-state index in [9.17, 15) is 0 Å². The van der Waals surface area contributed by atoms with Crippen molar-refractivity contribution in [2.24, 2.45) is 51.6 Å². The van der Waals surface area contributed by atoms with E-state index in [-0.39, 0.29) is 99.4 Å². The van der Waals surface area contributed by atoms with Gasteiger partial charge < -0.3 is 70.1 Å². The zero-order valence-electron chi connectivity index (χ0n) is 62.0. The van der Waals surface area contributed by atoms with Crippen LogP contribution in [-0.4, -0.2) is 90.6 Å². The molecule has 0 aliphatic rings. The average molecular weight is 1810 g/mol. The van der Waals surface area contributed by atoms with Gasteiger partial charge in [0.1, 0.15) is 0 Å². The number of fused-ring (bicyclic) bond motifs is 6. The number of halogens is 6. The third-order valence-corrected chi connectivity index (χ3v) is 17.2. The number of alkyl halides is 3. The van der Waals surface area contributed by atoms with Crippen molar-refractivity contribution in [3.05, 3.63) is 214 Å². The lowest BCUT2D eigenvalue weighted by Gasteiger charge is -2.08. The predicted octanol–water partition coefficient (Wildman–Crippen LogP) is 12.1. The van der Waals surface area contributed by atoms with Crippen LogP contribution < -0.4 is 70.1 Å². The summed E-state index contributed by atoms with van der Waals surface area (Å²) in [5.74, 6) is 2.63. The number of hydrogen-bond donors (Lipinski definition) is 15. The van der Waals surface area contributed by atoms with Gasteiger partial charge in [0.15, 0.2) is 42.1 Å². The van der Waals surface area contributed by atoms with Gasteiger partial charge in [0.25, 0.3) is 0 Å². The Hall–Kier alpha value is -11.6. The van der Waals surface area contributed by atoms with Crippen molar-refractivity contribution < 1.29 is 0 Å². The maximum atomic E-state index is 8.92. The lowest BCUT2D eigenvalue weighted by Crippen LogP contribution is -2.18. The van der Waals surface area contributed by atoms with E-state index in [1.165, 1.54) is 35.3 Å². The van der Waals surface area contributed by atoms with E-state index in [0.717, 1.165) is 122 Å². The number of thiocarbonyl (C=S) groups is 3. The molecule has 30 N–H and O–H groups in total. The summed E-state index contributed by atoms with van der Waals surface area (Å²) in [6, 6.07) is 35.2. The predicted molar refractivity (Wildman–Crippen MR) is 491 cm³/mol. The molecule has 12 aromatic heterocycles. The van der Waals surface area contributed by atoms with Crippen LogP contribution in [0.25, 0.3) is 65.9 Å². The highest BCUT2D eigenvalue weighted by Gasteiger charge is 2.15. The van der Waals surface area contributed by atoms with Crippen LogP contribution in [0, 0.1) is 84.2 Å². The summed E-state index contributed by atoms with van der Waals surface area (Å²) in [5.41, 5.74) is 60.2. The summed E-state index contributed by atoms with van der Waals surface area (Å²) in [6.45, 7) is 0. The maximum absolute atomic E-state index is 8.92. The van der Waals surface area contributed by atoms with Gasteiger partial charge in [-0.15, -0.1) is 72.0 Å². The summed E-state index contributed by atoms with van der Waals surface area (Å²) in [6.07, 6.45) is 22.2. The van der Waals surface area contributed by atoms with Gasteiger partial charge in [0.05, 0.1) is 138 Å². The summed E-state index contributed by atoms with van der Waals surface area (Å²) >= 11 is 33.3. The van der Waals surface area contributed by atoms with Crippen molar-refractivity contribution in [2.75, 3.05) is 0 Å². The molecule has 0 fully saturated rings. The zero-order valence-corrected chi connectivity index (χ0v) is 71.6. The van der Waals surface area contributed by atoms with Gasteiger partial charge in [-0.2, -0.15) is 31.6 Å². The molecule has 0 radical (unpaired) electrons. The third-order valence-electron chi connectivity index (χ3n) is 14.1. The topological polar surface area (TPSA) is 708 Å². The molecule has 0 atom stereocenters. The van der Waals surface area contributed by atoms with Gasteiger partial charge in [0, 0.05) is 113 Å². The van der Waals surface area contributed by atoms with E-state index in [2.05, 4.69) is 167 Å². The van der Waals surface area contributed by atoms with Crippen molar-refractivity contribution >= 4 is 241 Å². The Balaban J connectivity index is -0.00000128. The van der Waals surface area contributed by atoms with Crippen LogP contribution in [0.1, 0.15) is 67.0 Å². The highest BCUT2D eigenvalue weighted by atomic mass is 35.5.